The molecule has 6 aromatic rings. The number of aromatic nitrogens is 2. The van der Waals surface area contributed by atoms with Crippen LogP contribution in [-0.4, -0.2) is 250 Å². The average molecular weight is 1370 g/mol. The minimum absolute atomic E-state index is 0.150. The number of aliphatic imine (C=N–C) groups is 4. The van der Waals surface area contributed by atoms with Crippen molar-refractivity contribution in [2.45, 2.75) is 0 Å². The first kappa shape index (κ1) is 65.3. The third-order valence-corrected chi connectivity index (χ3v) is 19.7. The second kappa shape index (κ2) is 31.4. The van der Waals surface area contributed by atoms with Gasteiger partial charge in [0.05, 0.1) is 159 Å². The highest BCUT2D eigenvalue weighted by molar-refractivity contribution is 7.44. The molecule has 10 heterocycles. The summed E-state index contributed by atoms with van der Waals surface area (Å²) in [5.74, 6) is 4.49. The zero-order chi connectivity index (χ0) is 64.2. The summed E-state index contributed by atoms with van der Waals surface area (Å²) in [6.45, 7) is 9.49. The molecule has 14 rings (SSSR count). The van der Waals surface area contributed by atoms with Gasteiger partial charge in [-0.05, 0) is 48.5 Å². The van der Waals surface area contributed by atoms with Gasteiger partial charge in [-0.15, -0.1) is 0 Å². The van der Waals surface area contributed by atoms with Crippen LogP contribution in [0.5, 0.6) is 46.0 Å². The van der Waals surface area contributed by atoms with Gasteiger partial charge in [0, 0.05) is 43.8 Å². The van der Waals surface area contributed by atoms with Crippen LogP contribution in [0.25, 0.3) is 21.5 Å². The Balaban J connectivity index is 1.05. The summed E-state index contributed by atoms with van der Waals surface area (Å²) >= 11 is 17.1. The Morgan fingerprint density at radius 2 is 0.432 bits per heavy atom. The lowest BCUT2D eigenvalue weighted by molar-refractivity contribution is 0.00708. The number of rotatable bonds is 0. The molecule has 506 valence electrons. The number of halogens is 2. The molecule has 0 unspecified atom stereocenters. The number of hydrogen-bond donors (Lipinski definition) is 0. The number of ether oxygens (including phenoxy) is 20. The Kier molecular flexibility index (Phi) is 21.6. The molecule has 0 fully saturated rings. The van der Waals surface area contributed by atoms with Crippen LogP contribution in [0.4, 0.5) is 11.6 Å². The topological polar surface area (TPSA) is 269 Å². The van der Waals surface area contributed by atoms with Crippen LogP contribution in [0.1, 0.15) is 22.3 Å². The summed E-state index contributed by atoms with van der Waals surface area (Å²) in [5.41, 5.74) is 2.69. The normalized spacial score (nSPS) is 20.9. The lowest BCUT2D eigenvalue weighted by atomic mass is 10.1. The van der Waals surface area contributed by atoms with Gasteiger partial charge in [-0.3, -0.25) is 8.47 Å². The van der Waals surface area contributed by atoms with Crippen molar-refractivity contribution in [3.8, 4) is 46.0 Å². The maximum absolute atomic E-state index is 8.55. The second-order valence-corrected chi connectivity index (χ2v) is 27.6. The molecule has 6 bridgehead atoms. The van der Waals surface area contributed by atoms with Crippen LogP contribution < -0.4 is 48.9 Å². The highest BCUT2D eigenvalue weighted by Crippen LogP contribution is 2.49. The Morgan fingerprint density at radius 1 is 0.232 bits per heavy atom. The van der Waals surface area contributed by atoms with E-state index in [2.05, 4.69) is 0 Å². The predicted molar refractivity (Wildman–Crippen MR) is 347 cm³/mol. The molecule has 8 aliphatic rings. The number of benzene rings is 4. The van der Waals surface area contributed by atoms with Gasteiger partial charge in [0.1, 0.15) is 75.5 Å². The van der Waals surface area contributed by atoms with Gasteiger partial charge in [0.15, 0.2) is 69.3 Å². The Labute approximate surface area is 555 Å². The molecular weight excluding hydrogens is 1300 g/mol. The van der Waals surface area contributed by atoms with Crippen LogP contribution in [0.15, 0.2) is 78.5 Å². The summed E-state index contributed by atoms with van der Waals surface area (Å²) in [4.78, 5) is 32.9. The third-order valence-electron chi connectivity index (χ3n) is 15.8. The van der Waals surface area contributed by atoms with Crippen molar-refractivity contribution >= 4 is 85.7 Å². The van der Waals surface area contributed by atoms with Crippen molar-refractivity contribution in [3.63, 3.8) is 0 Å². The minimum atomic E-state index is -4.64. The fourth-order valence-electron chi connectivity index (χ4n) is 11.4. The van der Waals surface area contributed by atoms with E-state index in [1.165, 1.54) is 0 Å². The van der Waals surface area contributed by atoms with Crippen LogP contribution >= 0.6 is 22.2 Å². The third kappa shape index (κ3) is 14.9. The van der Waals surface area contributed by atoms with Crippen LogP contribution in [-0.2, 0) is 56.8 Å². The molecule has 0 saturated carbocycles. The van der Waals surface area contributed by atoms with E-state index in [0.29, 0.717) is 196 Å². The van der Waals surface area contributed by atoms with Crippen LogP contribution in [0.2, 0.25) is 0 Å². The fraction of sp³-hybridized carbons (Fsp3) is 0.500. The summed E-state index contributed by atoms with van der Waals surface area (Å²) in [5, 5.41) is 2.01. The van der Waals surface area contributed by atoms with Crippen LogP contribution in [0, 0.1) is 0 Å². The highest BCUT2D eigenvalue weighted by atomic mass is 35.7. The Hall–Kier alpha value is -7.04. The summed E-state index contributed by atoms with van der Waals surface area (Å²) in [6.07, 6.45) is 0. The van der Waals surface area contributed by atoms with Gasteiger partial charge in [-0.25, -0.2) is 30.0 Å². The van der Waals surface area contributed by atoms with E-state index < -0.39 is 7.02 Å². The molecule has 95 heavy (non-hydrogen) atoms. The Morgan fingerprint density at radius 3 is 0.674 bits per heavy atom. The fourth-order valence-corrected chi connectivity index (χ4v) is 15.2. The monoisotopic (exact) mass is 1370 g/mol. The predicted octanol–water partition coefficient (Wildman–Crippen LogP) is 5.13. The van der Waals surface area contributed by atoms with E-state index in [1.54, 1.807) is 8.47 Å². The summed E-state index contributed by atoms with van der Waals surface area (Å²) < 4.78 is 126. The first-order valence-electron chi connectivity index (χ1n) is 31.9. The molecule has 28 nitrogen and oxygen atoms in total. The zero-order valence-corrected chi connectivity index (χ0v) is 54.8. The second-order valence-electron chi connectivity index (χ2n) is 22.0. The Bertz CT molecular complexity index is 3770. The first-order valence-corrected chi connectivity index (χ1v) is 35.8. The van der Waals surface area contributed by atoms with Crippen molar-refractivity contribution in [3.05, 3.63) is 81.8 Å². The van der Waals surface area contributed by atoms with E-state index in [1.807, 2.05) is 48.5 Å². The van der Waals surface area contributed by atoms with Crippen molar-refractivity contribution in [2.24, 2.45) is 30.0 Å². The molecular formula is C64H72Cl2N8O20Si. The van der Waals surface area contributed by atoms with Crippen molar-refractivity contribution < 1.29 is 94.7 Å². The van der Waals surface area contributed by atoms with E-state index in [-0.39, 0.29) is 152 Å². The summed E-state index contributed by atoms with van der Waals surface area (Å²) in [7, 11) is -4.64. The lowest BCUT2D eigenvalue weighted by Gasteiger charge is -2.24. The highest BCUT2D eigenvalue weighted by Gasteiger charge is 2.46. The van der Waals surface area contributed by atoms with Crippen LogP contribution in [0.3, 0.4) is 0 Å². The van der Waals surface area contributed by atoms with Gasteiger partial charge < -0.3 is 94.7 Å². The molecule has 31 heteroatoms. The number of fused-ring (bicyclic) bond motifs is 18. The van der Waals surface area contributed by atoms with E-state index in [0.717, 1.165) is 0 Å². The van der Waals surface area contributed by atoms with Gasteiger partial charge in [-0.2, -0.15) is 0 Å². The quantitative estimate of drug-likeness (QED) is 0.141. The van der Waals surface area contributed by atoms with E-state index in [9.17, 15) is 0 Å². The standard InChI is InChI=1S/C64H72Cl2N8O20Si/c65-95(66)73-61-45-37-53-54(92-30-22-84-14-6-77-5-13-83-21-29-91-53)38-46(45)63(73)71-59-43-35-51-52(90-28-20-82-12-4-76-3-11-81-19-27-89-51)36-44(43)60(68-59)72-64-48-40-56-55(93-31-23-85-15-7-78-8-16-86-24-32-94-56)39-47(48)62(74(64)95)70-58-42-34-50-49(33-41(42)57(67-58)69-61)87-25-17-79-9-1-75-2-10-80-18-26-88-50/h33-40H,1-32H2. The molecule has 4 aromatic carbocycles. The largest absolute Gasteiger partial charge is 0.487 e. The smallest absolute Gasteiger partial charge is 0.483 e. The maximum Gasteiger partial charge on any atom is 0.483 e. The van der Waals surface area contributed by atoms with Crippen molar-refractivity contribution in [2.75, 3.05) is 211 Å². The van der Waals surface area contributed by atoms with E-state index >= 15 is 0 Å². The number of hydrogen-bond acceptors (Lipinski definition) is 26. The molecule has 2 aromatic heterocycles. The molecule has 8 aliphatic heterocycles. The van der Waals surface area contributed by atoms with E-state index in [4.69, 9.17) is 147 Å². The van der Waals surface area contributed by atoms with Crippen molar-refractivity contribution in [1.82, 2.24) is 8.47 Å². The molecule has 0 aliphatic carbocycles. The molecule has 0 atom stereocenters. The minimum Gasteiger partial charge on any atom is -0.487 e. The molecule has 0 saturated heterocycles. The van der Waals surface area contributed by atoms with Gasteiger partial charge in [-0.1, -0.05) is 22.2 Å². The van der Waals surface area contributed by atoms with Gasteiger partial charge in [0.25, 0.3) is 0 Å². The lowest BCUT2D eigenvalue weighted by Crippen LogP contribution is -2.51. The maximum atomic E-state index is 8.55. The number of nitrogens with zero attached hydrogens (tertiary/aromatic N) is 8. The zero-order valence-electron chi connectivity index (χ0n) is 52.2. The van der Waals surface area contributed by atoms with Gasteiger partial charge >= 0.3 is 7.02 Å². The SMILES string of the molecule is Cl[Si]1(Cl)n2c3c4cc5c(cc4c2N=C2N=C(N=c4c6cc7c(cc6c(n41)=NC1=NC(=N3)c3cc4c(cc31)OCCOCCOCCOCCO4)OCCOCCOCCOCCO7)c1cc3c(cc12)OCCOCCOCCOCCO3)OCCOCCOCCOCCO5. The molecule has 0 radical (unpaired) electrons. The summed E-state index contributed by atoms with van der Waals surface area (Å²) in [6, 6.07) is 14.8. The molecule has 0 N–H and O–H groups in total. The number of amidine groups is 4. The first-order chi connectivity index (χ1) is 46.9. The van der Waals surface area contributed by atoms with Gasteiger partial charge in [0.2, 0.25) is 0 Å². The molecule has 0 amide bonds. The molecule has 0 spiro atoms. The average Bonchev–Trinajstić information content (AvgIpc) is 1.55. The van der Waals surface area contributed by atoms with Crippen molar-refractivity contribution in [1.29, 1.82) is 0 Å².